The van der Waals surface area contributed by atoms with Gasteiger partial charge < -0.3 is 19.3 Å². The number of nitrogens with zero attached hydrogens (tertiary/aromatic N) is 2. The lowest BCUT2D eigenvalue weighted by molar-refractivity contribution is 0.0535. The third kappa shape index (κ3) is 4.19. The van der Waals surface area contributed by atoms with Crippen LogP contribution < -0.4 is 9.47 Å². The first-order chi connectivity index (χ1) is 13.0. The number of rotatable bonds is 4. The van der Waals surface area contributed by atoms with Crippen molar-refractivity contribution in [3.05, 3.63) is 59.4 Å². The van der Waals surface area contributed by atoms with Crippen LogP contribution in [0.5, 0.6) is 11.5 Å². The molecule has 0 atom stereocenters. The number of carbonyl (C=O) groups is 2. The molecular weight excluding hydrogens is 351 g/mol. The van der Waals surface area contributed by atoms with Crippen molar-refractivity contribution in [3.8, 4) is 11.5 Å². The summed E-state index contributed by atoms with van der Waals surface area (Å²) in [5.41, 5.74) is 0.915. The second-order valence-electron chi connectivity index (χ2n) is 6.19. The Labute approximate surface area is 157 Å². The van der Waals surface area contributed by atoms with E-state index in [-0.39, 0.29) is 17.6 Å². The van der Waals surface area contributed by atoms with E-state index >= 15 is 0 Å². The van der Waals surface area contributed by atoms with Crippen LogP contribution in [0.2, 0.25) is 0 Å². The van der Waals surface area contributed by atoms with E-state index in [2.05, 4.69) is 0 Å². The maximum atomic E-state index is 13.0. The average Bonchev–Trinajstić information content (AvgIpc) is 2.73. The summed E-state index contributed by atoms with van der Waals surface area (Å²) in [6, 6.07) is 10.5. The molecule has 0 spiro atoms. The number of carbonyl (C=O) groups excluding carboxylic acids is 2. The summed E-state index contributed by atoms with van der Waals surface area (Å²) in [6.07, 6.45) is 0. The monoisotopic (exact) mass is 372 g/mol. The van der Waals surface area contributed by atoms with Crippen molar-refractivity contribution in [2.24, 2.45) is 0 Å². The molecule has 0 unspecified atom stereocenters. The van der Waals surface area contributed by atoms with Gasteiger partial charge in [-0.1, -0.05) is 0 Å². The molecule has 142 valence electrons. The summed E-state index contributed by atoms with van der Waals surface area (Å²) in [5, 5.41) is 0. The van der Waals surface area contributed by atoms with E-state index in [0.717, 1.165) is 0 Å². The van der Waals surface area contributed by atoms with Gasteiger partial charge >= 0.3 is 0 Å². The third-order valence-corrected chi connectivity index (χ3v) is 4.54. The minimum absolute atomic E-state index is 0.138. The first-order valence-corrected chi connectivity index (χ1v) is 8.59. The van der Waals surface area contributed by atoms with Crippen molar-refractivity contribution in [2.45, 2.75) is 0 Å². The number of amides is 2. The molecule has 0 bridgehead atoms. The summed E-state index contributed by atoms with van der Waals surface area (Å²) in [4.78, 5) is 28.6. The molecular formula is C20H21FN2O4. The fraction of sp³-hybridized carbons (Fsp3) is 0.300. The van der Waals surface area contributed by atoms with Crippen LogP contribution in [-0.2, 0) is 0 Å². The fourth-order valence-electron chi connectivity index (χ4n) is 3.00. The summed E-state index contributed by atoms with van der Waals surface area (Å²) in [6.45, 7) is 1.68. The van der Waals surface area contributed by atoms with Gasteiger partial charge in [0.15, 0.2) is 0 Å². The molecule has 2 aromatic carbocycles. The Morgan fingerprint density at radius 3 is 1.67 bits per heavy atom. The topological polar surface area (TPSA) is 59.1 Å². The van der Waals surface area contributed by atoms with E-state index in [0.29, 0.717) is 48.8 Å². The highest BCUT2D eigenvalue weighted by Crippen LogP contribution is 2.24. The zero-order chi connectivity index (χ0) is 19.4. The average molecular weight is 372 g/mol. The highest BCUT2D eigenvalue weighted by atomic mass is 19.1. The second-order valence-corrected chi connectivity index (χ2v) is 6.19. The Kier molecular flexibility index (Phi) is 5.59. The van der Waals surface area contributed by atoms with E-state index in [1.165, 1.54) is 38.5 Å². The number of methoxy groups -OCH3 is 2. The van der Waals surface area contributed by atoms with Crippen LogP contribution in [0, 0.1) is 5.82 Å². The van der Waals surface area contributed by atoms with Crippen molar-refractivity contribution in [1.82, 2.24) is 9.80 Å². The zero-order valence-corrected chi connectivity index (χ0v) is 15.3. The van der Waals surface area contributed by atoms with E-state index in [1.807, 2.05) is 0 Å². The molecule has 27 heavy (non-hydrogen) atoms. The van der Waals surface area contributed by atoms with Gasteiger partial charge in [-0.2, -0.15) is 0 Å². The van der Waals surface area contributed by atoms with Crippen LogP contribution in [0.15, 0.2) is 42.5 Å². The Bertz CT molecular complexity index is 808. The van der Waals surface area contributed by atoms with Crippen LogP contribution in [0.3, 0.4) is 0 Å². The van der Waals surface area contributed by atoms with Gasteiger partial charge in [0.1, 0.15) is 17.3 Å². The Morgan fingerprint density at radius 1 is 0.778 bits per heavy atom. The standard InChI is InChI=1S/C20H21FN2O4/c1-26-17-11-15(12-18(13-17)27-2)20(25)23-9-7-22(8-10-23)19(24)14-3-5-16(21)6-4-14/h3-6,11-13H,7-10H2,1-2H3. The van der Waals surface area contributed by atoms with Crippen LogP contribution in [0.4, 0.5) is 4.39 Å². The lowest BCUT2D eigenvalue weighted by atomic mass is 10.1. The summed E-state index contributed by atoms with van der Waals surface area (Å²) >= 11 is 0. The van der Waals surface area contributed by atoms with Gasteiger partial charge in [0, 0.05) is 43.4 Å². The number of benzene rings is 2. The molecule has 2 aromatic rings. The molecule has 1 aliphatic heterocycles. The molecule has 1 fully saturated rings. The molecule has 1 saturated heterocycles. The molecule has 1 heterocycles. The van der Waals surface area contributed by atoms with Crippen molar-refractivity contribution in [3.63, 3.8) is 0 Å². The molecule has 7 heteroatoms. The number of halogens is 1. The number of piperazine rings is 1. The predicted molar refractivity (Wildman–Crippen MR) is 97.8 cm³/mol. The molecule has 0 aromatic heterocycles. The van der Waals surface area contributed by atoms with Crippen molar-refractivity contribution >= 4 is 11.8 Å². The van der Waals surface area contributed by atoms with Crippen molar-refractivity contribution < 1.29 is 23.5 Å². The van der Waals surface area contributed by atoms with Crippen LogP contribution >= 0.6 is 0 Å². The lowest BCUT2D eigenvalue weighted by Crippen LogP contribution is -2.50. The van der Waals surface area contributed by atoms with E-state index in [9.17, 15) is 14.0 Å². The summed E-state index contributed by atoms with van der Waals surface area (Å²) in [7, 11) is 3.06. The number of ether oxygens (including phenoxy) is 2. The van der Waals surface area contributed by atoms with Gasteiger partial charge in [0.25, 0.3) is 11.8 Å². The third-order valence-electron chi connectivity index (χ3n) is 4.54. The van der Waals surface area contributed by atoms with E-state index in [4.69, 9.17) is 9.47 Å². The van der Waals surface area contributed by atoms with Gasteiger partial charge in [0.05, 0.1) is 14.2 Å². The van der Waals surface area contributed by atoms with Crippen molar-refractivity contribution in [2.75, 3.05) is 40.4 Å². The first-order valence-electron chi connectivity index (χ1n) is 8.59. The van der Waals surface area contributed by atoms with Gasteiger partial charge in [-0.3, -0.25) is 9.59 Å². The number of hydrogen-bond acceptors (Lipinski definition) is 4. The highest BCUT2D eigenvalue weighted by molar-refractivity contribution is 5.96. The maximum Gasteiger partial charge on any atom is 0.254 e. The molecule has 1 aliphatic rings. The molecule has 0 saturated carbocycles. The quantitative estimate of drug-likeness (QED) is 0.827. The van der Waals surface area contributed by atoms with Crippen LogP contribution in [-0.4, -0.2) is 62.0 Å². The largest absolute Gasteiger partial charge is 0.497 e. The molecule has 0 aliphatic carbocycles. The molecule has 0 radical (unpaired) electrons. The molecule has 3 rings (SSSR count). The predicted octanol–water partition coefficient (Wildman–Crippen LogP) is 2.44. The molecule has 2 amide bonds. The smallest absolute Gasteiger partial charge is 0.254 e. The Balaban J connectivity index is 1.66. The summed E-state index contributed by atoms with van der Waals surface area (Å²) in [5.74, 6) is 0.410. The molecule has 0 N–H and O–H groups in total. The highest BCUT2D eigenvalue weighted by Gasteiger charge is 2.26. The van der Waals surface area contributed by atoms with Gasteiger partial charge in [-0.15, -0.1) is 0 Å². The normalized spacial score (nSPS) is 14.0. The van der Waals surface area contributed by atoms with E-state index < -0.39 is 0 Å². The fourth-order valence-corrected chi connectivity index (χ4v) is 3.00. The summed E-state index contributed by atoms with van der Waals surface area (Å²) < 4.78 is 23.4. The Hall–Kier alpha value is -3.09. The van der Waals surface area contributed by atoms with Crippen LogP contribution in [0.25, 0.3) is 0 Å². The number of hydrogen-bond donors (Lipinski definition) is 0. The van der Waals surface area contributed by atoms with Gasteiger partial charge in [-0.05, 0) is 36.4 Å². The van der Waals surface area contributed by atoms with E-state index in [1.54, 1.807) is 28.0 Å². The van der Waals surface area contributed by atoms with Crippen molar-refractivity contribution in [1.29, 1.82) is 0 Å². The first kappa shape index (κ1) is 18.7. The van der Waals surface area contributed by atoms with Crippen LogP contribution in [0.1, 0.15) is 20.7 Å². The van der Waals surface area contributed by atoms with Gasteiger partial charge in [0.2, 0.25) is 0 Å². The minimum atomic E-state index is -0.379. The Morgan fingerprint density at radius 2 is 1.22 bits per heavy atom. The minimum Gasteiger partial charge on any atom is -0.497 e. The zero-order valence-electron chi connectivity index (χ0n) is 15.3. The lowest BCUT2D eigenvalue weighted by Gasteiger charge is -2.35. The van der Waals surface area contributed by atoms with Gasteiger partial charge in [-0.25, -0.2) is 4.39 Å². The SMILES string of the molecule is COc1cc(OC)cc(C(=O)N2CCN(C(=O)c3ccc(F)cc3)CC2)c1. The molecule has 6 nitrogen and oxygen atoms in total. The second kappa shape index (κ2) is 8.07. The maximum absolute atomic E-state index is 13.0.